The Bertz CT molecular complexity index is 856. The maximum absolute atomic E-state index is 12.3. The summed E-state index contributed by atoms with van der Waals surface area (Å²) in [6.45, 7) is 1.73. The number of aromatic nitrogens is 3. The lowest BCUT2D eigenvalue weighted by Gasteiger charge is -2.08. The average Bonchev–Trinajstić information content (AvgIpc) is 3.02. The normalized spacial score (nSPS) is 11.3. The molecular weight excluding hydrogens is 262 g/mol. The second kappa shape index (κ2) is 4.52. The molecule has 0 fully saturated rings. The van der Waals surface area contributed by atoms with Crippen molar-refractivity contribution in [1.29, 1.82) is 0 Å². The summed E-state index contributed by atoms with van der Waals surface area (Å²) in [6, 6.07) is 3.44. The van der Waals surface area contributed by atoms with Gasteiger partial charge in [0, 0.05) is 18.6 Å². The predicted molar refractivity (Wildman–Crippen MR) is 70.6 cm³/mol. The summed E-state index contributed by atoms with van der Waals surface area (Å²) in [7, 11) is 1.27. The molecule has 0 aliphatic carbocycles. The summed E-state index contributed by atoms with van der Waals surface area (Å²) < 4.78 is 12.8. The van der Waals surface area contributed by atoms with Crippen molar-refractivity contribution >= 4 is 22.6 Å². The first-order chi connectivity index (χ1) is 9.65. The number of furan rings is 1. The first kappa shape index (κ1) is 12.5. The van der Waals surface area contributed by atoms with Crippen LogP contribution in [0.4, 0.5) is 0 Å². The summed E-state index contributed by atoms with van der Waals surface area (Å²) in [5.41, 5.74) is 1.51. The molecule has 3 aromatic heterocycles. The minimum absolute atomic E-state index is 0.203. The highest BCUT2D eigenvalue weighted by Crippen LogP contribution is 2.20. The van der Waals surface area contributed by atoms with Crippen molar-refractivity contribution in [2.24, 2.45) is 0 Å². The van der Waals surface area contributed by atoms with Gasteiger partial charge in [-0.15, -0.1) is 0 Å². The Morgan fingerprint density at radius 1 is 1.45 bits per heavy atom. The van der Waals surface area contributed by atoms with E-state index in [1.165, 1.54) is 7.11 Å². The minimum atomic E-state index is -0.513. The number of esters is 1. The lowest BCUT2D eigenvalue weighted by molar-refractivity contribution is -0.141. The van der Waals surface area contributed by atoms with Crippen LogP contribution in [-0.2, 0) is 22.5 Å². The van der Waals surface area contributed by atoms with Crippen LogP contribution in [0.1, 0.15) is 12.7 Å². The van der Waals surface area contributed by atoms with E-state index in [1.54, 1.807) is 22.8 Å². The third-order valence-electron chi connectivity index (χ3n) is 3.19. The summed E-state index contributed by atoms with van der Waals surface area (Å²) in [5, 5.41) is 4.23. The molecule has 0 spiro atoms. The van der Waals surface area contributed by atoms with Crippen molar-refractivity contribution in [3.05, 3.63) is 34.6 Å². The van der Waals surface area contributed by atoms with Crippen LogP contribution in [0, 0.1) is 0 Å². The number of methoxy groups -OCH3 is 1. The van der Waals surface area contributed by atoms with E-state index in [0.29, 0.717) is 23.3 Å². The Balaban J connectivity index is 2.32. The Kier molecular flexibility index (Phi) is 2.81. The second-order valence-electron chi connectivity index (χ2n) is 4.34. The first-order valence-electron chi connectivity index (χ1n) is 6.21. The third-order valence-corrected chi connectivity index (χ3v) is 3.19. The first-order valence-corrected chi connectivity index (χ1v) is 6.21. The monoisotopic (exact) mass is 275 g/mol. The molecule has 0 N–H and O–H groups in total. The molecule has 3 heterocycles. The summed E-state index contributed by atoms with van der Waals surface area (Å²) in [6.07, 6.45) is 2.18. The standard InChI is InChI=1S/C13H13N3O4/c1-3-11-14-15(7-12(17)19-2)13(18)9-6-10-8(16(9)11)4-5-20-10/h4-6H,3,7H2,1-2H3. The number of fused-ring (bicyclic) bond motifs is 3. The molecule has 0 atom stereocenters. The van der Waals surface area contributed by atoms with Crippen molar-refractivity contribution in [1.82, 2.24) is 14.2 Å². The Labute approximate surface area is 113 Å². The number of nitrogens with zero attached hydrogens (tertiary/aromatic N) is 3. The number of rotatable bonds is 3. The molecule has 0 radical (unpaired) electrons. The molecular formula is C13H13N3O4. The topological polar surface area (TPSA) is 78.7 Å². The third kappa shape index (κ3) is 1.70. The van der Waals surface area contributed by atoms with Crippen LogP contribution in [0.25, 0.3) is 16.6 Å². The van der Waals surface area contributed by atoms with Gasteiger partial charge in [-0.2, -0.15) is 5.10 Å². The van der Waals surface area contributed by atoms with Gasteiger partial charge < -0.3 is 9.15 Å². The van der Waals surface area contributed by atoms with Crippen LogP contribution in [-0.4, -0.2) is 27.3 Å². The van der Waals surface area contributed by atoms with E-state index in [1.807, 2.05) is 6.92 Å². The van der Waals surface area contributed by atoms with Crippen LogP contribution >= 0.6 is 0 Å². The van der Waals surface area contributed by atoms with E-state index < -0.39 is 5.97 Å². The largest absolute Gasteiger partial charge is 0.468 e. The highest BCUT2D eigenvalue weighted by atomic mass is 16.5. The molecule has 0 bridgehead atoms. The van der Waals surface area contributed by atoms with Gasteiger partial charge in [0.1, 0.15) is 17.9 Å². The smallest absolute Gasteiger partial charge is 0.327 e. The highest BCUT2D eigenvalue weighted by Gasteiger charge is 2.16. The number of carbonyl (C=O) groups excluding carboxylic acids is 1. The van der Waals surface area contributed by atoms with Crippen molar-refractivity contribution < 1.29 is 13.9 Å². The fourth-order valence-electron chi connectivity index (χ4n) is 2.25. The molecule has 20 heavy (non-hydrogen) atoms. The molecule has 0 unspecified atom stereocenters. The average molecular weight is 275 g/mol. The molecule has 0 saturated carbocycles. The van der Waals surface area contributed by atoms with E-state index in [-0.39, 0.29) is 12.1 Å². The SMILES string of the molecule is CCc1nn(CC(=O)OC)c(=O)c2cc3occc3n12. The van der Waals surface area contributed by atoms with Gasteiger partial charge in [0.25, 0.3) is 5.56 Å². The zero-order valence-corrected chi connectivity index (χ0v) is 11.1. The molecule has 3 aromatic rings. The maximum atomic E-state index is 12.3. The number of ether oxygens (including phenoxy) is 1. The fraction of sp³-hybridized carbons (Fsp3) is 0.308. The van der Waals surface area contributed by atoms with Crippen LogP contribution in [0.15, 0.2) is 27.6 Å². The second-order valence-corrected chi connectivity index (χ2v) is 4.34. The number of aryl methyl sites for hydroxylation is 1. The summed E-state index contributed by atoms with van der Waals surface area (Å²) >= 11 is 0. The van der Waals surface area contributed by atoms with Gasteiger partial charge >= 0.3 is 5.97 Å². The van der Waals surface area contributed by atoms with E-state index in [2.05, 4.69) is 9.84 Å². The van der Waals surface area contributed by atoms with Gasteiger partial charge in [-0.1, -0.05) is 6.92 Å². The molecule has 0 aliphatic heterocycles. The van der Waals surface area contributed by atoms with E-state index >= 15 is 0 Å². The van der Waals surface area contributed by atoms with Crippen LogP contribution in [0.3, 0.4) is 0 Å². The van der Waals surface area contributed by atoms with Crippen LogP contribution in [0.2, 0.25) is 0 Å². The van der Waals surface area contributed by atoms with Crippen LogP contribution < -0.4 is 5.56 Å². The molecule has 0 saturated heterocycles. The molecule has 3 rings (SSSR count). The Hall–Kier alpha value is -2.57. The highest BCUT2D eigenvalue weighted by molar-refractivity contribution is 5.82. The summed E-state index contributed by atoms with van der Waals surface area (Å²) in [5.74, 6) is 0.168. The zero-order valence-electron chi connectivity index (χ0n) is 11.1. The predicted octanol–water partition coefficient (Wildman–Crippen LogP) is 0.978. The van der Waals surface area contributed by atoms with Gasteiger partial charge in [0.05, 0.1) is 18.9 Å². The van der Waals surface area contributed by atoms with Gasteiger partial charge in [-0.25, -0.2) is 4.68 Å². The van der Waals surface area contributed by atoms with Gasteiger partial charge in [-0.05, 0) is 0 Å². The molecule has 0 aliphatic rings. The van der Waals surface area contributed by atoms with Crippen LogP contribution in [0.5, 0.6) is 0 Å². The zero-order chi connectivity index (χ0) is 14.3. The van der Waals surface area contributed by atoms with Crippen molar-refractivity contribution in [3.8, 4) is 0 Å². The van der Waals surface area contributed by atoms with Gasteiger partial charge in [0.2, 0.25) is 0 Å². The summed E-state index contributed by atoms with van der Waals surface area (Å²) in [4.78, 5) is 23.7. The quantitative estimate of drug-likeness (QED) is 0.666. The number of hydrogen-bond acceptors (Lipinski definition) is 5. The molecule has 104 valence electrons. The van der Waals surface area contributed by atoms with Crippen molar-refractivity contribution in [2.45, 2.75) is 19.9 Å². The van der Waals surface area contributed by atoms with E-state index in [9.17, 15) is 9.59 Å². The van der Waals surface area contributed by atoms with Gasteiger partial charge in [0.15, 0.2) is 5.58 Å². The van der Waals surface area contributed by atoms with Crippen molar-refractivity contribution in [3.63, 3.8) is 0 Å². The minimum Gasteiger partial charge on any atom is -0.468 e. The maximum Gasteiger partial charge on any atom is 0.327 e. The number of hydrogen-bond donors (Lipinski definition) is 0. The van der Waals surface area contributed by atoms with E-state index in [4.69, 9.17) is 4.42 Å². The molecule has 0 aromatic carbocycles. The molecule has 7 nitrogen and oxygen atoms in total. The van der Waals surface area contributed by atoms with Gasteiger partial charge in [-0.3, -0.25) is 14.0 Å². The fourth-order valence-corrected chi connectivity index (χ4v) is 2.25. The lowest BCUT2D eigenvalue weighted by Crippen LogP contribution is -2.30. The Morgan fingerprint density at radius 3 is 2.95 bits per heavy atom. The molecule has 0 amide bonds. The number of carbonyl (C=O) groups is 1. The van der Waals surface area contributed by atoms with E-state index in [0.717, 1.165) is 10.2 Å². The van der Waals surface area contributed by atoms with Crippen molar-refractivity contribution in [2.75, 3.05) is 7.11 Å². The molecule has 7 heteroatoms. The Morgan fingerprint density at radius 2 is 2.25 bits per heavy atom. The lowest BCUT2D eigenvalue weighted by atomic mass is 10.4.